The second-order valence-electron chi connectivity index (χ2n) is 6.44. The van der Waals surface area contributed by atoms with Crippen molar-refractivity contribution in [3.63, 3.8) is 0 Å². The number of carbonyl (C=O) groups is 1. The maximum absolute atomic E-state index is 12.2. The Kier molecular flexibility index (Phi) is 7.20. The standard InChI is InChI=1S/C24H21ClN2O2/c1-18(15-19-5-3-2-4-6-19)16-26-27-24(28)21-9-13-23(14-10-21)29-17-20-7-11-22(25)12-8-20/h2-16H,17H2,1H3,(H,27,28). The monoisotopic (exact) mass is 404 g/mol. The van der Waals surface area contributed by atoms with Gasteiger partial charge in [-0.15, -0.1) is 0 Å². The topological polar surface area (TPSA) is 50.7 Å². The SMILES string of the molecule is CC(C=NNC(=O)c1ccc(OCc2ccc(Cl)cc2)cc1)=Cc1ccccc1. The van der Waals surface area contributed by atoms with Crippen LogP contribution in [0.1, 0.15) is 28.4 Å². The minimum Gasteiger partial charge on any atom is -0.489 e. The zero-order chi connectivity index (χ0) is 20.5. The number of benzene rings is 3. The zero-order valence-corrected chi connectivity index (χ0v) is 16.8. The van der Waals surface area contributed by atoms with Crippen molar-refractivity contribution in [2.24, 2.45) is 5.10 Å². The molecule has 0 aliphatic heterocycles. The van der Waals surface area contributed by atoms with Crippen LogP contribution in [0.4, 0.5) is 0 Å². The van der Waals surface area contributed by atoms with E-state index >= 15 is 0 Å². The summed E-state index contributed by atoms with van der Waals surface area (Å²) in [5, 5.41) is 4.71. The summed E-state index contributed by atoms with van der Waals surface area (Å²) in [5.41, 5.74) is 6.07. The minimum absolute atomic E-state index is 0.280. The Morgan fingerprint density at radius 1 is 1.00 bits per heavy atom. The van der Waals surface area contributed by atoms with Crippen LogP contribution in [0.2, 0.25) is 5.02 Å². The molecule has 0 unspecified atom stereocenters. The molecule has 0 aromatic heterocycles. The summed E-state index contributed by atoms with van der Waals surface area (Å²) in [6.07, 6.45) is 3.61. The summed E-state index contributed by atoms with van der Waals surface area (Å²) in [6.45, 7) is 2.36. The molecule has 5 heteroatoms. The fraction of sp³-hybridized carbons (Fsp3) is 0.0833. The molecule has 0 spiro atoms. The van der Waals surface area contributed by atoms with Crippen LogP contribution < -0.4 is 10.2 Å². The molecule has 3 aromatic rings. The zero-order valence-electron chi connectivity index (χ0n) is 16.0. The number of nitrogens with zero attached hydrogens (tertiary/aromatic N) is 1. The molecule has 4 nitrogen and oxygen atoms in total. The molecule has 0 aliphatic carbocycles. The lowest BCUT2D eigenvalue weighted by atomic mass is 10.1. The van der Waals surface area contributed by atoms with Gasteiger partial charge in [0, 0.05) is 10.6 Å². The van der Waals surface area contributed by atoms with Crippen LogP contribution in [0.3, 0.4) is 0 Å². The summed E-state index contributed by atoms with van der Waals surface area (Å²) >= 11 is 5.87. The van der Waals surface area contributed by atoms with Gasteiger partial charge in [0.2, 0.25) is 0 Å². The summed E-state index contributed by atoms with van der Waals surface area (Å²) < 4.78 is 5.72. The normalized spacial score (nSPS) is 11.4. The van der Waals surface area contributed by atoms with Crippen LogP contribution in [0.15, 0.2) is 89.5 Å². The van der Waals surface area contributed by atoms with Crippen molar-refractivity contribution in [3.05, 3.63) is 106 Å². The summed E-state index contributed by atoms with van der Waals surface area (Å²) in [7, 11) is 0. The van der Waals surface area contributed by atoms with E-state index in [0.29, 0.717) is 22.9 Å². The van der Waals surface area contributed by atoms with Crippen molar-refractivity contribution in [2.75, 3.05) is 0 Å². The highest BCUT2D eigenvalue weighted by Gasteiger charge is 2.04. The Hall–Kier alpha value is -3.37. The lowest BCUT2D eigenvalue weighted by Gasteiger charge is -2.07. The van der Waals surface area contributed by atoms with Crippen molar-refractivity contribution in [1.82, 2.24) is 5.43 Å². The Morgan fingerprint density at radius 3 is 2.38 bits per heavy atom. The van der Waals surface area contributed by atoms with Crippen LogP contribution in [0.25, 0.3) is 6.08 Å². The highest BCUT2D eigenvalue weighted by Crippen LogP contribution is 2.16. The van der Waals surface area contributed by atoms with Crippen molar-refractivity contribution in [2.45, 2.75) is 13.5 Å². The number of amides is 1. The fourth-order valence-electron chi connectivity index (χ4n) is 2.56. The van der Waals surface area contributed by atoms with E-state index in [-0.39, 0.29) is 5.91 Å². The third-order valence-electron chi connectivity index (χ3n) is 4.06. The summed E-state index contributed by atoms with van der Waals surface area (Å²) in [4.78, 5) is 12.2. The molecule has 0 radical (unpaired) electrons. The molecular weight excluding hydrogens is 384 g/mol. The van der Waals surface area contributed by atoms with E-state index in [1.807, 2.05) is 67.6 Å². The van der Waals surface area contributed by atoms with Gasteiger partial charge >= 0.3 is 0 Å². The van der Waals surface area contributed by atoms with Gasteiger partial charge in [0.1, 0.15) is 12.4 Å². The molecule has 0 bridgehead atoms. The van der Waals surface area contributed by atoms with E-state index in [1.165, 1.54) is 0 Å². The van der Waals surface area contributed by atoms with Gasteiger partial charge in [0.25, 0.3) is 5.91 Å². The number of hydrogen-bond acceptors (Lipinski definition) is 3. The first-order valence-corrected chi connectivity index (χ1v) is 9.52. The van der Waals surface area contributed by atoms with Gasteiger partial charge in [-0.25, -0.2) is 5.43 Å². The average molecular weight is 405 g/mol. The average Bonchev–Trinajstić information content (AvgIpc) is 2.74. The Labute approximate surface area is 175 Å². The van der Waals surface area contributed by atoms with Crippen LogP contribution in [-0.4, -0.2) is 12.1 Å². The Morgan fingerprint density at radius 2 is 1.69 bits per heavy atom. The number of halogens is 1. The van der Waals surface area contributed by atoms with Crippen molar-refractivity contribution in [3.8, 4) is 5.75 Å². The van der Waals surface area contributed by atoms with Crippen molar-refractivity contribution < 1.29 is 9.53 Å². The molecule has 3 rings (SSSR count). The van der Waals surface area contributed by atoms with Gasteiger partial charge in [0.15, 0.2) is 0 Å². The minimum atomic E-state index is -0.280. The number of nitrogens with one attached hydrogen (secondary N) is 1. The molecule has 29 heavy (non-hydrogen) atoms. The predicted octanol–water partition coefficient (Wildman–Crippen LogP) is 5.74. The van der Waals surface area contributed by atoms with E-state index in [9.17, 15) is 4.79 Å². The third kappa shape index (κ3) is 6.63. The van der Waals surface area contributed by atoms with Crippen molar-refractivity contribution >= 4 is 29.8 Å². The van der Waals surface area contributed by atoms with Crippen LogP contribution >= 0.6 is 11.6 Å². The second kappa shape index (κ2) is 10.2. The quantitative estimate of drug-likeness (QED) is 0.403. The summed E-state index contributed by atoms with van der Waals surface area (Å²) in [6, 6.07) is 24.3. The lowest BCUT2D eigenvalue weighted by molar-refractivity contribution is 0.0955. The molecule has 0 fully saturated rings. The van der Waals surface area contributed by atoms with E-state index < -0.39 is 0 Å². The van der Waals surface area contributed by atoms with Gasteiger partial charge in [-0.2, -0.15) is 5.10 Å². The van der Waals surface area contributed by atoms with E-state index in [1.54, 1.807) is 30.5 Å². The molecular formula is C24H21ClN2O2. The highest BCUT2D eigenvalue weighted by molar-refractivity contribution is 6.30. The second-order valence-corrected chi connectivity index (χ2v) is 6.87. The first kappa shape index (κ1) is 20.4. The number of hydrazone groups is 1. The van der Waals surface area contributed by atoms with Gasteiger partial charge in [-0.1, -0.05) is 60.1 Å². The van der Waals surface area contributed by atoms with E-state index in [4.69, 9.17) is 16.3 Å². The number of hydrogen-bond donors (Lipinski definition) is 1. The Balaban J connectivity index is 1.50. The predicted molar refractivity (Wildman–Crippen MR) is 118 cm³/mol. The number of rotatable bonds is 7. The van der Waals surface area contributed by atoms with Gasteiger partial charge < -0.3 is 4.74 Å². The molecule has 3 aromatic carbocycles. The molecule has 0 saturated carbocycles. The largest absolute Gasteiger partial charge is 0.489 e. The van der Waals surface area contributed by atoms with Crippen LogP contribution in [0, 0.1) is 0 Å². The van der Waals surface area contributed by atoms with Gasteiger partial charge in [0.05, 0.1) is 6.21 Å². The molecule has 0 saturated heterocycles. The Bertz CT molecular complexity index is 995. The number of ether oxygens (including phenoxy) is 1. The molecule has 146 valence electrons. The van der Waals surface area contributed by atoms with E-state index in [2.05, 4.69) is 10.5 Å². The molecule has 0 heterocycles. The molecule has 1 N–H and O–H groups in total. The maximum Gasteiger partial charge on any atom is 0.271 e. The van der Waals surface area contributed by atoms with Crippen LogP contribution in [0.5, 0.6) is 5.75 Å². The summed E-state index contributed by atoms with van der Waals surface area (Å²) in [5.74, 6) is 0.402. The number of carbonyl (C=O) groups excluding carboxylic acids is 1. The van der Waals surface area contributed by atoms with Crippen LogP contribution in [-0.2, 0) is 6.61 Å². The highest BCUT2D eigenvalue weighted by atomic mass is 35.5. The molecule has 0 atom stereocenters. The maximum atomic E-state index is 12.2. The van der Waals surface area contributed by atoms with Crippen molar-refractivity contribution in [1.29, 1.82) is 0 Å². The smallest absolute Gasteiger partial charge is 0.271 e. The first-order valence-electron chi connectivity index (χ1n) is 9.14. The number of allylic oxidation sites excluding steroid dienone is 1. The third-order valence-corrected chi connectivity index (χ3v) is 4.32. The van der Waals surface area contributed by atoms with E-state index in [0.717, 1.165) is 16.7 Å². The lowest BCUT2D eigenvalue weighted by Crippen LogP contribution is -2.17. The first-order chi connectivity index (χ1) is 14.1. The fourth-order valence-corrected chi connectivity index (χ4v) is 2.68. The van der Waals surface area contributed by atoms with Gasteiger partial charge in [-0.05, 0) is 60.0 Å². The molecule has 1 amide bonds. The van der Waals surface area contributed by atoms with Gasteiger partial charge in [-0.3, -0.25) is 4.79 Å². The molecule has 0 aliphatic rings.